The van der Waals surface area contributed by atoms with Crippen molar-refractivity contribution in [1.29, 1.82) is 0 Å². The van der Waals surface area contributed by atoms with Crippen molar-refractivity contribution in [3.8, 4) is 0 Å². The average Bonchev–Trinajstić information content (AvgIpc) is 2.43. The van der Waals surface area contributed by atoms with Crippen molar-refractivity contribution < 1.29 is 8.42 Å². The molecule has 0 aliphatic rings. The number of sulfonamides is 1. The minimum Gasteiger partial charge on any atom is -0.371 e. The van der Waals surface area contributed by atoms with E-state index in [4.69, 9.17) is 5.73 Å². The smallest absolute Gasteiger partial charge is 0.240 e. The van der Waals surface area contributed by atoms with E-state index in [1.807, 2.05) is 12.1 Å². The molecule has 0 spiro atoms. The van der Waals surface area contributed by atoms with Gasteiger partial charge in [-0.2, -0.15) is 0 Å². The van der Waals surface area contributed by atoms with Gasteiger partial charge in [-0.25, -0.2) is 13.1 Å². The van der Waals surface area contributed by atoms with Crippen LogP contribution >= 0.6 is 0 Å². The highest BCUT2D eigenvalue weighted by Gasteiger charge is 2.16. The molecule has 6 heteroatoms. The van der Waals surface area contributed by atoms with E-state index in [0.29, 0.717) is 17.4 Å². The Balaban J connectivity index is 2.90. The van der Waals surface area contributed by atoms with Gasteiger partial charge in [0.15, 0.2) is 0 Å². The molecule has 1 aromatic rings. The third-order valence-electron chi connectivity index (χ3n) is 3.22. The molecule has 0 aliphatic heterocycles. The predicted octanol–water partition coefficient (Wildman–Crippen LogP) is 1.79. The monoisotopic (exact) mass is 313 g/mol. The Kier molecular flexibility index (Phi) is 6.64. The first kappa shape index (κ1) is 17.9. The zero-order chi connectivity index (χ0) is 16.0. The van der Waals surface area contributed by atoms with Crippen molar-refractivity contribution in [2.45, 2.75) is 38.6 Å². The van der Waals surface area contributed by atoms with Gasteiger partial charge in [0.1, 0.15) is 0 Å². The molecular weight excluding hydrogens is 286 g/mol. The van der Waals surface area contributed by atoms with Crippen LogP contribution in [0.2, 0.25) is 0 Å². The van der Waals surface area contributed by atoms with Crippen LogP contribution in [0.25, 0.3) is 0 Å². The van der Waals surface area contributed by atoms with E-state index in [1.165, 1.54) is 0 Å². The highest BCUT2D eigenvalue weighted by atomic mass is 32.2. The molecule has 21 heavy (non-hydrogen) atoms. The van der Waals surface area contributed by atoms with Gasteiger partial charge in [0.25, 0.3) is 0 Å². The van der Waals surface area contributed by atoms with Gasteiger partial charge in [-0.1, -0.05) is 6.92 Å². The molecule has 120 valence electrons. The largest absolute Gasteiger partial charge is 0.371 e. The van der Waals surface area contributed by atoms with Gasteiger partial charge in [0.05, 0.1) is 4.90 Å². The predicted molar refractivity (Wildman–Crippen MR) is 88.0 cm³/mol. The minimum absolute atomic E-state index is 0.118. The number of benzene rings is 1. The van der Waals surface area contributed by atoms with Gasteiger partial charge < -0.3 is 10.6 Å². The van der Waals surface area contributed by atoms with Crippen LogP contribution in [0.1, 0.15) is 27.7 Å². The van der Waals surface area contributed by atoms with Gasteiger partial charge in [0, 0.05) is 24.8 Å². The van der Waals surface area contributed by atoms with Gasteiger partial charge in [-0.05, 0) is 57.5 Å². The Morgan fingerprint density at radius 3 is 2.19 bits per heavy atom. The molecule has 1 unspecified atom stereocenters. The first-order valence-electron chi connectivity index (χ1n) is 7.37. The summed E-state index contributed by atoms with van der Waals surface area (Å²) >= 11 is 0. The summed E-state index contributed by atoms with van der Waals surface area (Å²) in [4.78, 5) is 2.49. The summed E-state index contributed by atoms with van der Waals surface area (Å²) in [6.07, 6.45) is 0. The lowest BCUT2D eigenvalue weighted by Crippen LogP contribution is -2.32. The number of hydrogen-bond donors (Lipinski definition) is 2. The summed E-state index contributed by atoms with van der Waals surface area (Å²) < 4.78 is 26.7. The third kappa shape index (κ3) is 5.30. The van der Waals surface area contributed by atoms with Gasteiger partial charge in [-0.3, -0.25) is 0 Å². The Morgan fingerprint density at radius 2 is 1.76 bits per heavy atom. The standard InChI is InChI=1S/C15H27N3O2S/c1-5-18(11-13(4)10-16)14-6-8-15(9-7-14)21(19,20)17-12(2)3/h6-9,12-13,17H,5,10-11,16H2,1-4H3. The molecule has 1 atom stereocenters. The summed E-state index contributed by atoms with van der Waals surface area (Å²) in [5, 5.41) is 0. The van der Waals surface area contributed by atoms with Gasteiger partial charge in [-0.15, -0.1) is 0 Å². The number of nitrogens with one attached hydrogen (secondary N) is 1. The Morgan fingerprint density at radius 1 is 1.19 bits per heavy atom. The fraction of sp³-hybridized carbons (Fsp3) is 0.600. The molecule has 0 radical (unpaired) electrons. The number of hydrogen-bond acceptors (Lipinski definition) is 4. The molecule has 5 nitrogen and oxygen atoms in total. The maximum Gasteiger partial charge on any atom is 0.240 e. The van der Waals surface area contributed by atoms with E-state index in [2.05, 4.69) is 23.5 Å². The fourth-order valence-corrected chi connectivity index (χ4v) is 3.33. The third-order valence-corrected chi connectivity index (χ3v) is 4.89. The van der Waals surface area contributed by atoms with Crippen molar-refractivity contribution in [1.82, 2.24) is 4.72 Å². The minimum atomic E-state index is -3.42. The van der Waals surface area contributed by atoms with Crippen LogP contribution in [0.3, 0.4) is 0 Å². The second-order valence-electron chi connectivity index (χ2n) is 5.65. The number of nitrogens with zero attached hydrogens (tertiary/aromatic N) is 1. The molecule has 1 rings (SSSR count). The van der Waals surface area contributed by atoms with E-state index in [0.717, 1.165) is 18.8 Å². The van der Waals surface area contributed by atoms with Gasteiger partial charge >= 0.3 is 0 Å². The van der Waals surface area contributed by atoms with E-state index in [-0.39, 0.29) is 6.04 Å². The van der Waals surface area contributed by atoms with Crippen molar-refractivity contribution in [2.24, 2.45) is 11.7 Å². The molecular formula is C15H27N3O2S. The van der Waals surface area contributed by atoms with Crippen molar-refractivity contribution in [3.05, 3.63) is 24.3 Å². The second-order valence-corrected chi connectivity index (χ2v) is 7.36. The molecule has 0 bridgehead atoms. The first-order valence-corrected chi connectivity index (χ1v) is 8.85. The summed E-state index contributed by atoms with van der Waals surface area (Å²) in [6.45, 7) is 10.2. The van der Waals surface area contributed by atoms with Crippen LogP contribution in [-0.4, -0.2) is 34.1 Å². The van der Waals surface area contributed by atoms with E-state index >= 15 is 0 Å². The normalized spacial score (nSPS) is 13.4. The van der Waals surface area contributed by atoms with Crippen LogP contribution in [0.15, 0.2) is 29.2 Å². The average molecular weight is 313 g/mol. The zero-order valence-corrected chi connectivity index (χ0v) is 14.2. The van der Waals surface area contributed by atoms with E-state index in [1.54, 1.807) is 26.0 Å². The number of rotatable bonds is 8. The molecule has 0 amide bonds. The highest BCUT2D eigenvalue weighted by Crippen LogP contribution is 2.19. The highest BCUT2D eigenvalue weighted by molar-refractivity contribution is 7.89. The molecule has 0 aromatic heterocycles. The van der Waals surface area contributed by atoms with Crippen LogP contribution in [0.5, 0.6) is 0 Å². The molecule has 3 N–H and O–H groups in total. The maximum absolute atomic E-state index is 12.1. The fourth-order valence-electron chi connectivity index (χ4n) is 2.08. The lowest BCUT2D eigenvalue weighted by atomic mass is 10.1. The lowest BCUT2D eigenvalue weighted by Gasteiger charge is -2.26. The number of anilines is 1. The van der Waals surface area contributed by atoms with Gasteiger partial charge in [0.2, 0.25) is 10.0 Å². The van der Waals surface area contributed by atoms with E-state index < -0.39 is 10.0 Å². The summed E-state index contributed by atoms with van der Waals surface area (Å²) in [5.74, 6) is 0.399. The maximum atomic E-state index is 12.1. The van der Waals surface area contributed by atoms with Crippen molar-refractivity contribution in [3.63, 3.8) is 0 Å². The quantitative estimate of drug-likeness (QED) is 0.767. The second kappa shape index (κ2) is 7.77. The lowest BCUT2D eigenvalue weighted by molar-refractivity contribution is 0.569. The van der Waals surface area contributed by atoms with E-state index in [9.17, 15) is 8.42 Å². The van der Waals surface area contributed by atoms with Crippen LogP contribution in [0.4, 0.5) is 5.69 Å². The molecule has 0 saturated heterocycles. The van der Waals surface area contributed by atoms with Crippen LogP contribution < -0.4 is 15.4 Å². The van der Waals surface area contributed by atoms with Crippen LogP contribution in [0, 0.1) is 5.92 Å². The van der Waals surface area contributed by atoms with Crippen LogP contribution in [-0.2, 0) is 10.0 Å². The number of nitrogens with two attached hydrogens (primary N) is 1. The topological polar surface area (TPSA) is 75.4 Å². The molecule has 1 aromatic carbocycles. The van der Waals surface area contributed by atoms with Crippen molar-refractivity contribution >= 4 is 15.7 Å². The Bertz CT molecular complexity index is 526. The van der Waals surface area contributed by atoms with Crippen molar-refractivity contribution in [2.75, 3.05) is 24.5 Å². The summed E-state index contributed by atoms with van der Waals surface area (Å²) in [7, 11) is -3.42. The first-order chi connectivity index (χ1) is 9.80. The SMILES string of the molecule is CCN(CC(C)CN)c1ccc(S(=O)(=O)NC(C)C)cc1. The zero-order valence-electron chi connectivity index (χ0n) is 13.3. The Labute approximate surface area is 128 Å². The Hall–Kier alpha value is -1.11. The molecule has 0 heterocycles. The molecule has 0 aliphatic carbocycles. The summed E-state index contributed by atoms with van der Waals surface area (Å²) in [5.41, 5.74) is 6.68. The molecule has 0 saturated carbocycles. The molecule has 0 fully saturated rings. The summed E-state index contributed by atoms with van der Waals surface area (Å²) in [6, 6.07) is 6.88.